The van der Waals surface area contributed by atoms with Crippen molar-refractivity contribution in [3.8, 4) is 0 Å². The number of carboxylic acid groups (broad SMARTS) is 1. The highest BCUT2D eigenvalue weighted by Gasteiger charge is 2.42. The molecule has 0 heterocycles. The van der Waals surface area contributed by atoms with Crippen molar-refractivity contribution in [2.24, 2.45) is 17.8 Å². The summed E-state index contributed by atoms with van der Waals surface area (Å²) < 4.78 is 0. The minimum atomic E-state index is -0.916. The molecular weight excluding hydrogens is 272 g/mol. The third kappa shape index (κ3) is 3.95. The third-order valence-electron chi connectivity index (χ3n) is 4.57. The molecule has 2 saturated carbocycles. The number of nitrogens with one attached hydrogen (secondary N) is 2. The van der Waals surface area contributed by atoms with Gasteiger partial charge in [-0.15, -0.1) is 0 Å². The minimum Gasteiger partial charge on any atom is -0.481 e. The molecule has 6 nitrogen and oxygen atoms in total. The fourth-order valence-electron chi connectivity index (χ4n) is 2.98. The van der Waals surface area contributed by atoms with Crippen molar-refractivity contribution in [1.82, 2.24) is 10.6 Å². The Balaban J connectivity index is 1.91. The van der Waals surface area contributed by atoms with Gasteiger partial charge in [0.25, 0.3) is 0 Å². The normalized spacial score (nSPS) is 29.7. The maximum atomic E-state index is 12.3. The number of carboxylic acids is 1. The molecule has 0 aromatic carbocycles. The minimum absolute atomic E-state index is 0.192. The largest absolute Gasteiger partial charge is 0.481 e. The topological polar surface area (TPSA) is 95.5 Å². The number of hydrogen-bond donors (Lipinski definition) is 3. The molecule has 2 fully saturated rings. The Morgan fingerprint density at radius 3 is 2.33 bits per heavy atom. The maximum absolute atomic E-state index is 12.3. The molecule has 0 radical (unpaired) electrons. The van der Waals surface area contributed by atoms with Crippen LogP contribution >= 0.6 is 0 Å². The van der Waals surface area contributed by atoms with E-state index in [-0.39, 0.29) is 23.8 Å². The second-order valence-electron chi connectivity index (χ2n) is 6.31. The number of hydrogen-bond acceptors (Lipinski definition) is 3. The second kappa shape index (κ2) is 6.45. The first-order valence-electron chi connectivity index (χ1n) is 7.75. The second-order valence-corrected chi connectivity index (χ2v) is 6.31. The first-order chi connectivity index (χ1) is 9.92. The first-order valence-corrected chi connectivity index (χ1v) is 7.75. The summed E-state index contributed by atoms with van der Waals surface area (Å²) in [5.74, 6) is -2.30. The van der Waals surface area contributed by atoms with Crippen molar-refractivity contribution in [2.75, 3.05) is 0 Å². The van der Waals surface area contributed by atoms with Crippen LogP contribution in [0.2, 0.25) is 0 Å². The quantitative estimate of drug-likeness (QED) is 0.679. The van der Waals surface area contributed by atoms with Crippen molar-refractivity contribution in [1.29, 1.82) is 0 Å². The molecular formula is C15H24N2O4. The molecule has 2 aliphatic carbocycles. The fourth-order valence-corrected chi connectivity index (χ4v) is 2.98. The van der Waals surface area contributed by atoms with Crippen LogP contribution < -0.4 is 10.6 Å². The summed E-state index contributed by atoms with van der Waals surface area (Å²) in [6.07, 6.45) is 4.01. The van der Waals surface area contributed by atoms with Crippen LogP contribution in [0.25, 0.3) is 0 Å². The van der Waals surface area contributed by atoms with Gasteiger partial charge in [-0.1, -0.05) is 13.3 Å². The average molecular weight is 296 g/mol. The molecule has 0 aromatic rings. The zero-order valence-electron chi connectivity index (χ0n) is 12.6. The molecule has 3 N–H and O–H groups in total. The van der Waals surface area contributed by atoms with Gasteiger partial charge in [-0.2, -0.15) is 0 Å². The number of aliphatic carboxylic acids is 1. The van der Waals surface area contributed by atoms with Crippen molar-refractivity contribution in [3.63, 3.8) is 0 Å². The lowest BCUT2D eigenvalue weighted by molar-refractivity contribution is -0.146. The molecule has 2 unspecified atom stereocenters. The summed E-state index contributed by atoms with van der Waals surface area (Å²) in [7, 11) is 0. The van der Waals surface area contributed by atoms with Crippen LogP contribution in [0.1, 0.15) is 46.0 Å². The number of carbonyl (C=O) groups is 3. The van der Waals surface area contributed by atoms with E-state index in [1.807, 2.05) is 6.92 Å². The van der Waals surface area contributed by atoms with Gasteiger partial charge in [-0.25, -0.2) is 0 Å². The van der Waals surface area contributed by atoms with Crippen LogP contribution in [0, 0.1) is 17.8 Å². The molecule has 0 spiro atoms. The molecule has 4 atom stereocenters. The molecule has 0 aliphatic heterocycles. The lowest BCUT2D eigenvalue weighted by Crippen LogP contribution is -2.48. The average Bonchev–Trinajstić information content (AvgIpc) is 3.13. The summed E-state index contributed by atoms with van der Waals surface area (Å²) in [5.41, 5.74) is 0. The number of rotatable bonds is 6. The molecule has 0 aromatic heterocycles. The lowest BCUT2D eigenvalue weighted by Gasteiger charge is -2.19. The Labute approximate surface area is 124 Å². The standard InChI is InChI=1S/C15H24N2O4/c1-3-9-6-11(12(7-9)15(20)21)14(19)16-8(2)13(18)17-10-4-5-10/h8-12H,3-7H2,1-2H3,(H,16,19)(H,17,18)(H,20,21)/t8?,9?,11-,12+/m0/s1. The van der Waals surface area contributed by atoms with Crippen molar-refractivity contribution in [2.45, 2.75) is 58.0 Å². The van der Waals surface area contributed by atoms with E-state index in [1.54, 1.807) is 6.92 Å². The van der Waals surface area contributed by atoms with Gasteiger partial charge in [0.05, 0.1) is 11.8 Å². The van der Waals surface area contributed by atoms with E-state index >= 15 is 0 Å². The molecule has 2 aliphatic rings. The lowest BCUT2D eigenvalue weighted by atomic mass is 9.95. The van der Waals surface area contributed by atoms with E-state index in [0.717, 1.165) is 19.3 Å². The summed E-state index contributed by atoms with van der Waals surface area (Å²) in [6, 6.07) is -0.368. The fraction of sp³-hybridized carbons (Fsp3) is 0.800. The van der Waals surface area contributed by atoms with Crippen LogP contribution in [0.5, 0.6) is 0 Å². The van der Waals surface area contributed by atoms with E-state index < -0.39 is 23.8 Å². The SMILES string of the molecule is CCC1C[C@H](C(=O)NC(C)C(=O)NC2CC2)[C@H](C(=O)O)C1. The van der Waals surface area contributed by atoms with Gasteiger partial charge < -0.3 is 15.7 Å². The zero-order chi connectivity index (χ0) is 15.6. The first kappa shape index (κ1) is 15.8. The van der Waals surface area contributed by atoms with Gasteiger partial charge >= 0.3 is 5.97 Å². The highest BCUT2D eigenvalue weighted by molar-refractivity contribution is 5.90. The Morgan fingerprint density at radius 1 is 1.19 bits per heavy atom. The van der Waals surface area contributed by atoms with E-state index in [1.165, 1.54) is 0 Å². The molecule has 6 heteroatoms. The van der Waals surface area contributed by atoms with E-state index in [0.29, 0.717) is 12.8 Å². The van der Waals surface area contributed by atoms with Crippen molar-refractivity contribution >= 4 is 17.8 Å². The van der Waals surface area contributed by atoms with Crippen LogP contribution in [0.15, 0.2) is 0 Å². The monoisotopic (exact) mass is 296 g/mol. The van der Waals surface area contributed by atoms with Gasteiger partial charge in [0.15, 0.2) is 0 Å². The predicted octanol–water partition coefficient (Wildman–Crippen LogP) is 0.907. The van der Waals surface area contributed by atoms with Crippen LogP contribution in [0.3, 0.4) is 0 Å². The highest BCUT2D eigenvalue weighted by Crippen LogP contribution is 2.38. The summed E-state index contributed by atoms with van der Waals surface area (Å²) in [4.78, 5) is 35.4. The summed E-state index contributed by atoms with van der Waals surface area (Å²) in [5, 5.41) is 14.8. The molecule has 2 amide bonds. The van der Waals surface area contributed by atoms with E-state index in [2.05, 4.69) is 10.6 Å². The molecule has 0 bridgehead atoms. The van der Waals surface area contributed by atoms with Gasteiger partial charge in [0.2, 0.25) is 11.8 Å². The Hall–Kier alpha value is -1.59. The number of carbonyl (C=O) groups excluding carboxylic acids is 2. The number of amides is 2. The third-order valence-corrected chi connectivity index (χ3v) is 4.57. The maximum Gasteiger partial charge on any atom is 0.307 e. The van der Waals surface area contributed by atoms with Gasteiger partial charge in [0.1, 0.15) is 6.04 Å². The molecule has 2 rings (SSSR count). The van der Waals surface area contributed by atoms with Gasteiger partial charge in [0, 0.05) is 6.04 Å². The summed E-state index contributed by atoms with van der Waals surface area (Å²) in [6.45, 7) is 3.65. The smallest absolute Gasteiger partial charge is 0.307 e. The van der Waals surface area contributed by atoms with Crippen LogP contribution in [-0.4, -0.2) is 35.0 Å². The van der Waals surface area contributed by atoms with Crippen LogP contribution in [-0.2, 0) is 14.4 Å². The molecule has 21 heavy (non-hydrogen) atoms. The zero-order valence-corrected chi connectivity index (χ0v) is 12.6. The Morgan fingerprint density at radius 2 is 1.81 bits per heavy atom. The van der Waals surface area contributed by atoms with E-state index in [9.17, 15) is 19.5 Å². The van der Waals surface area contributed by atoms with Crippen molar-refractivity contribution in [3.05, 3.63) is 0 Å². The van der Waals surface area contributed by atoms with Crippen molar-refractivity contribution < 1.29 is 19.5 Å². The van der Waals surface area contributed by atoms with E-state index in [4.69, 9.17) is 0 Å². The molecule has 118 valence electrons. The highest BCUT2D eigenvalue weighted by atomic mass is 16.4. The van der Waals surface area contributed by atoms with Crippen LogP contribution in [0.4, 0.5) is 0 Å². The Bertz CT molecular complexity index is 433. The summed E-state index contributed by atoms with van der Waals surface area (Å²) >= 11 is 0. The van der Waals surface area contributed by atoms with Gasteiger partial charge in [-0.05, 0) is 38.5 Å². The Kier molecular flexibility index (Phi) is 4.85. The predicted molar refractivity (Wildman–Crippen MR) is 76.4 cm³/mol. The van der Waals surface area contributed by atoms with Gasteiger partial charge in [-0.3, -0.25) is 14.4 Å². The molecule has 0 saturated heterocycles.